The van der Waals surface area contributed by atoms with Crippen LogP contribution in [0.2, 0.25) is 0 Å². The van der Waals surface area contributed by atoms with Crippen LogP contribution in [0.15, 0.2) is 29.2 Å². The molecule has 1 fully saturated rings. The van der Waals surface area contributed by atoms with E-state index >= 15 is 0 Å². The molecular weight excluding hydrogens is 376 g/mol. The summed E-state index contributed by atoms with van der Waals surface area (Å²) in [6.07, 6.45) is 1.30. The maximum Gasteiger partial charge on any atom is 0.253 e. The molecule has 1 amide bonds. The van der Waals surface area contributed by atoms with E-state index < -0.39 is 10.0 Å². The van der Waals surface area contributed by atoms with Gasteiger partial charge in [0.2, 0.25) is 10.0 Å². The Labute approximate surface area is 167 Å². The van der Waals surface area contributed by atoms with Crippen LogP contribution in [0.4, 0.5) is 0 Å². The normalized spacial score (nSPS) is 20.1. The maximum absolute atomic E-state index is 13.1. The smallest absolute Gasteiger partial charge is 0.253 e. The number of rotatable bonds is 7. The molecule has 0 bridgehead atoms. The molecule has 1 aliphatic heterocycles. The van der Waals surface area contributed by atoms with E-state index in [0.29, 0.717) is 13.1 Å². The third kappa shape index (κ3) is 5.31. The number of sulfonamides is 1. The molecule has 0 spiro atoms. The minimum absolute atomic E-state index is 0.0974. The van der Waals surface area contributed by atoms with Crippen molar-refractivity contribution in [1.29, 1.82) is 10.5 Å². The second-order valence-electron chi connectivity index (χ2n) is 7.40. The zero-order chi connectivity index (χ0) is 20.7. The quantitative estimate of drug-likeness (QED) is 0.697. The lowest BCUT2D eigenvalue weighted by molar-refractivity contribution is 0.0762. The number of nitrogens with zero attached hydrogens (tertiary/aromatic N) is 4. The Balaban J connectivity index is 2.28. The van der Waals surface area contributed by atoms with Crippen molar-refractivity contribution in [3.05, 3.63) is 29.8 Å². The summed E-state index contributed by atoms with van der Waals surface area (Å²) in [6, 6.07) is 10.0. The van der Waals surface area contributed by atoms with E-state index in [9.17, 15) is 13.2 Å². The van der Waals surface area contributed by atoms with Gasteiger partial charge >= 0.3 is 0 Å². The number of amides is 1. The Bertz CT molecular complexity index is 857. The van der Waals surface area contributed by atoms with E-state index in [-0.39, 0.29) is 54.1 Å². The summed E-state index contributed by atoms with van der Waals surface area (Å²) in [5.41, 5.74) is 0.245. The van der Waals surface area contributed by atoms with Crippen LogP contribution in [0.25, 0.3) is 0 Å². The summed E-state index contributed by atoms with van der Waals surface area (Å²) < 4.78 is 27.7. The molecule has 0 radical (unpaired) electrons. The molecule has 1 aromatic rings. The summed E-state index contributed by atoms with van der Waals surface area (Å²) in [7, 11) is -3.69. The number of hydrogen-bond acceptors (Lipinski definition) is 5. The van der Waals surface area contributed by atoms with E-state index in [1.165, 1.54) is 21.3 Å². The SMILES string of the molecule is C[C@@H]1C[C@H](C)CN(S(=O)(=O)c2cccc(C(=O)N(CCC#N)CCC#N)c2)C1. The van der Waals surface area contributed by atoms with E-state index in [1.54, 1.807) is 12.1 Å². The third-order valence-electron chi connectivity index (χ3n) is 4.83. The first-order valence-electron chi connectivity index (χ1n) is 9.43. The molecule has 0 N–H and O–H groups in total. The highest BCUT2D eigenvalue weighted by atomic mass is 32.2. The average molecular weight is 403 g/mol. The van der Waals surface area contributed by atoms with Gasteiger partial charge in [-0.05, 0) is 36.5 Å². The summed E-state index contributed by atoms with van der Waals surface area (Å²) in [4.78, 5) is 14.3. The van der Waals surface area contributed by atoms with E-state index in [0.717, 1.165) is 6.42 Å². The average Bonchev–Trinajstić information content (AvgIpc) is 2.67. The van der Waals surface area contributed by atoms with Crippen molar-refractivity contribution < 1.29 is 13.2 Å². The molecule has 7 nitrogen and oxygen atoms in total. The molecule has 2 rings (SSSR count). The van der Waals surface area contributed by atoms with Crippen LogP contribution in [-0.2, 0) is 10.0 Å². The highest BCUT2D eigenvalue weighted by Crippen LogP contribution is 2.27. The fourth-order valence-corrected chi connectivity index (χ4v) is 5.33. The Hall–Kier alpha value is -2.42. The molecule has 1 saturated heterocycles. The van der Waals surface area contributed by atoms with Crippen molar-refractivity contribution in [1.82, 2.24) is 9.21 Å². The van der Waals surface area contributed by atoms with Gasteiger partial charge in [-0.2, -0.15) is 14.8 Å². The number of piperidine rings is 1. The zero-order valence-corrected chi connectivity index (χ0v) is 17.2. The number of nitriles is 2. The van der Waals surface area contributed by atoms with Gasteiger partial charge in [0, 0.05) is 31.7 Å². The minimum atomic E-state index is -3.69. The third-order valence-corrected chi connectivity index (χ3v) is 6.66. The summed E-state index contributed by atoms with van der Waals surface area (Å²) >= 11 is 0. The van der Waals surface area contributed by atoms with Crippen molar-refractivity contribution in [2.24, 2.45) is 11.8 Å². The fraction of sp³-hybridized carbons (Fsp3) is 0.550. The lowest BCUT2D eigenvalue weighted by Gasteiger charge is -2.34. The zero-order valence-electron chi connectivity index (χ0n) is 16.3. The maximum atomic E-state index is 13.1. The predicted molar refractivity (Wildman–Crippen MR) is 105 cm³/mol. The van der Waals surface area contributed by atoms with Gasteiger partial charge in [0.05, 0.1) is 29.9 Å². The first-order valence-corrected chi connectivity index (χ1v) is 10.9. The van der Waals surface area contributed by atoms with Crippen LogP contribution in [0.3, 0.4) is 0 Å². The Morgan fingerprint density at radius 1 is 1.14 bits per heavy atom. The highest BCUT2D eigenvalue weighted by Gasteiger charge is 2.32. The second kappa shape index (κ2) is 9.68. The van der Waals surface area contributed by atoms with Crippen molar-refractivity contribution >= 4 is 15.9 Å². The minimum Gasteiger partial charge on any atom is -0.337 e. The molecule has 1 aromatic carbocycles. The van der Waals surface area contributed by atoms with Gasteiger partial charge in [-0.15, -0.1) is 0 Å². The van der Waals surface area contributed by atoms with Crippen molar-refractivity contribution in [2.45, 2.75) is 38.0 Å². The summed E-state index contributed by atoms with van der Waals surface area (Å²) in [5.74, 6) is 0.203. The van der Waals surface area contributed by atoms with Gasteiger partial charge in [-0.1, -0.05) is 19.9 Å². The van der Waals surface area contributed by atoms with Gasteiger partial charge in [-0.25, -0.2) is 8.42 Å². The standard InChI is InChI=1S/C20H26N4O3S/c1-16-12-17(2)15-24(14-16)28(26,27)19-7-3-6-18(13-19)20(25)23(10-4-8-21)11-5-9-22/h3,6-7,13,16-17H,4-5,10-12,14-15H2,1-2H3/t16-,17+. The molecule has 1 heterocycles. The van der Waals surface area contributed by atoms with E-state index in [1.807, 2.05) is 26.0 Å². The van der Waals surface area contributed by atoms with Gasteiger partial charge in [0.1, 0.15) is 0 Å². The van der Waals surface area contributed by atoms with E-state index in [4.69, 9.17) is 10.5 Å². The number of hydrogen-bond donors (Lipinski definition) is 0. The van der Waals surface area contributed by atoms with Gasteiger partial charge in [0.25, 0.3) is 5.91 Å². The van der Waals surface area contributed by atoms with E-state index in [2.05, 4.69) is 0 Å². The lowest BCUT2D eigenvalue weighted by Crippen LogP contribution is -2.42. The monoisotopic (exact) mass is 402 g/mol. The molecule has 0 aromatic heterocycles. The van der Waals surface area contributed by atoms with Crippen molar-refractivity contribution in [3.63, 3.8) is 0 Å². The summed E-state index contributed by atoms with van der Waals surface area (Å²) in [5, 5.41) is 17.6. The van der Waals surface area contributed by atoms with Crippen LogP contribution in [0.5, 0.6) is 0 Å². The molecule has 0 saturated carbocycles. The molecule has 0 unspecified atom stereocenters. The first kappa shape index (κ1) is 21.9. The summed E-state index contributed by atoms with van der Waals surface area (Å²) in [6.45, 7) is 5.44. The van der Waals surface area contributed by atoms with Crippen LogP contribution in [0.1, 0.15) is 43.5 Å². The second-order valence-corrected chi connectivity index (χ2v) is 9.34. The van der Waals surface area contributed by atoms with Crippen LogP contribution < -0.4 is 0 Å². The largest absolute Gasteiger partial charge is 0.337 e. The Morgan fingerprint density at radius 2 is 1.71 bits per heavy atom. The molecule has 150 valence electrons. The predicted octanol–water partition coefficient (Wildman–Crippen LogP) is 2.62. The molecule has 2 atom stereocenters. The number of carbonyl (C=O) groups excluding carboxylic acids is 1. The molecule has 8 heteroatoms. The molecule has 0 aliphatic carbocycles. The van der Waals surface area contributed by atoms with Crippen LogP contribution in [-0.4, -0.2) is 49.7 Å². The Morgan fingerprint density at radius 3 is 2.25 bits per heavy atom. The molecule has 28 heavy (non-hydrogen) atoms. The van der Waals surface area contributed by atoms with Gasteiger partial charge in [-0.3, -0.25) is 4.79 Å². The first-order chi connectivity index (χ1) is 13.3. The van der Waals surface area contributed by atoms with Crippen LogP contribution >= 0.6 is 0 Å². The topological polar surface area (TPSA) is 105 Å². The highest BCUT2D eigenvalue weighted by molar-refractivity contribution is 7.89. The fourth-order valence-electron chi connectivity index (χ4n) is 3.61. The van der Waals surface area contributed by atoms with Crippen molar-refractivity contribution in [2.75, 3.05) is 26.2 Å². The van der Waals surface area contributed by atoms with Gasteiger partial charge < -0.3 is 4.90 Å². The number of carbonyl (C=O) groups is 1. The van der Waals surface area contributed by atoms with Gasteiger partial charge in [0.15, 0.2) is 0 Å². The number of benzene rings is 1. The Kier molecular flexibility index (Phi) is 7.56. The molecular formula is C20H26N4O3S. The van der Waals surface area contributed by atoms with Crippen LogP contribution in [0, 0.1) is 34.5 Å². The van der Waals surface area contributed by atoms with Crippen molar-refractivity contribution in [3.8, 4) is 12.1 Å². The lowest BCUT2D eigenvalue weighted by atomic mass is 9.94. The molecule has 1 aliphatic rings.